The van der Waals surface area contributed by atoms with Crippen LogP contribution in [0.2, 0.25) is 0 Å². The third-order valence-electron chi connectivity index (χ3n) is 4.64. The standard InChI is InChI=1S/C20H25N5O3/c1-23(2)19(26)15-7-8-18(21-14-15)22-20(27)25-11-9-24(10-12-25)16-5-4-6-17(13-16)28-3/h4-8,13-14H,9-12H2,1-3H3,(H,21,22,27). The van der Waals surface area contributed by atoms with Crippen LogP contribution in [0.3, 0.4) is 0 Å². The Morgan fingerprint density at radius 1 is 1.11 bits per heavy atom. The van der Waals surface area contributed by atoms with Crippen LogP contribution in [0, 0.1) is 0 Å². The molecule has 3 rings (SSSR count). The summed E-state index contributed by atoms with van der Waals surface area (Å²) in [5.41, 5.74) is 1.57. The van der Waals surface area contributed by atoms with E-state index in [2.05, 4.69) is 15.2 Å². The number of aromatic nitrogens is 1. The quantitative estimate of drug-likeness (QED) is 0.875. The fourth-order valence-electron chi connectivity index (χ4n) is 3.02. The molecule has 0 atom stereocenters. The molecule has 1 aromatic carbocycles. The molecule has 1 N–H and O–H groups in total. The third-order valence-corrected chi connectivity index (χ3v) is 4.64. The number of carbonyl (C=O) groups is 2. The molecule has 1 aliphatic heterocycles. The first kappa shape index (κ1) is 19.5. The van der Waals surface area contributed by atoms with Crippen LogP contribution in [0.5, 0.6) is 5.75 Å². The first-order chi connectivity index (χ1) is 13.5. The highest BCUT2D eigenvalue weighted by atomic mass is 16.5. The average Bonchev–Trinajstić information content (AvgIpc) is 2.73. The van der Waals surface area contributed by atoms with E-state index in [4.69, 9.17) is 4.74 Å². The number of benzene rings is 1. The summed E-state index contributed by atoms with van der Waals surface area (Å²) < 4.78 is 5.28. The first-order valence-electron chi connectivity index (χ1n) is 9.10. The molecule has 0 spiro atoms. The molecule has 2 aromatic rings. The third kappa shape index (κ3) is 4.51. The van der Waals surface area contributed by atoms with Crippen molar-refractivity contribution < 1.29 is 14.3 Å². The fraction of sp³-hybridized carbons (Fsp3) is 0.350. The zero-order valence-electron chi connectivity index (χ0n) is 16.4. The molecule has 1 fully saturated rings. The second-order valence-electron chi connectivity index (χ2n) is 6.74. The van der Waals surface area contributed by atoms with Crippen molar-refractivity contribution in [2.45, 2.75) is 0 Å². The number of amides is 3. The SMILES string of the molecule is COc1cccc(N2CCN(C(=O)Nc3ccc(C(=O)N(C)C)cn3)CC2)c1. The molecule has 0 unspecified atom stereocenters. The maximum absolute atomic E-state index is 12.5. The molecule has 1 aromatic heterocycles. The Labute approximate surface area is 164 Å². The van der Waals surface area contributed by atoms with Gasteiger partial charge in [0, 0.05) is 58.2 Å². The number of piperazine rings is 1. The number of methoxy groups -OCH3 is 1. The Kier molecular flexibility index (Phi) is 5.98. The van der Waals surface area contributed by atoms with Gasteiger partial charge in [-0.1, -0.05) is 6.07 Å². The molecule has 1 aliphatic rings. The van der Waals surface area contributed by atoms with Crippen LogP contribution in [-0.2, 0) is 0 Å². The summed E-state index contributed by atoms with van der Waals surface area (Å²) in [5.74, 6) is 1.12. The molecule has 0 aliphatic carbocycles. The van der Waals surface area contributed by atoms with Gasteiger partial charge in [0.1, 0.15) is 11.6 Å². The number of hydrogen-bond acceptors (Lipinski definition) is 5. The number of rotatable bonds is 4. The second-order valence-corrected chi connectivity index (χ2v) is 6.74. The summed E-state index contributed by atoms with van der Waals surface area (Å²) in [7, 11) is 5.02. The van der Waals surface area contributed by atoms with Gasteiger partial charge in [0.25, 0.3) is 5.91 Å². The van der Waals surface area contributed by atoms with E-state index in [9.17, 15) is 9.59 Å². The normalized spacial score (nSPS) is 13.8. The minimum Gasteiger partial charge on any atom is -0.497 e. The number of nitrogens with one attached hydrogen (secondary N) is 1. The van der Waals surface area contributed by atoms with Gasteiger partial charge in [-0.05, 0) is 24.3 Å². The molecular weight excluding hydrogens is 358 g/mol. The van der Waals surface area contributed by atoms with Gasteiger partial charge in [-0.15, -0.1) is 0 Å². The lowest BCUT2D eigenvalue weighted by Crippen LogP contribution is -2.50. The number of hydrogen-bond donors (Lipinski definition) is 1. The predicted octanol–water partition coefficient (Wildman–Crippen LogP) is 2.15. The molecule has 28 heavy (non-hydrogen) atoms. The number of urea groups is 1. The van der Waals surface area contributed by atoms with Crippen molar-refractivity contribution in [1.82, 2.24) is 14.8 Å². The number of carbonyl (C=O) groups excluding carboxylic acids is 2. The van der Waals surface area contributed by atoms with Crippen molar-refractivity contribution in [3.63, 3.8) is 0 Å². The largest absolute Gasteiger partial charge is 0.497 e. The number of nitrogens with zero attached hydrogens (tertiary/aromatic N) is 4. The molecule has 3 amide bonds. The van der Waals surface area contributed by atoms with Crippen molar-refractivity contribution in [2.75, 3.05) is 57.6 Å². The Hall–Kier alpha value is -3.29. The smallest absolute Gasteiger partial charge is 0.323 e. The van der Waals surface area contributed by atoms with Crippen LogP contribution in [0.1, 0.15) is 10.4 Å². The second kappa shape index (κ2) is 8.60. The lowest BCUT2D eigenvalue weighted by molar-refractivity contribution is 0.0827. The van der Waals surface area contributed by atoms with Gasteiger partial charge in [0.15, 0.2) is 0 Å². The summed E-state index contributed by atoms with van der Waals surface area (Å²) in [6, 6.07) is 11.0. The van der Waals surface area contributed by atoms with Crippen molar-refractivity contribution in [3.8, 4) is 5.75 Å². The van der Waals surface area contributed by atoms with Crippen LogP contribution in [0.25, 0.3) is 0 Å². The van der Waals surface area contributed by atoms with E-state index in [0.29, 0.717) is 24.5 Å². The van der Waals surface area contributed by atoms with Crippen LogP contribution >= 0.6 is 0 Å². The predicted molar refractivity (Wildman–Crippen MR) is 108 cm³/mol. The molecule has 8 heteroatoms. The molecule has 1 saturated heterocycles. The van der Waals surface area contributed by atoms with Crippen LogP contribution in [0.4, 0.5) is 16.3 Å². The van der Waals surface area contributed by atoms with Crippen molar-refractivity contribution in [2.24, 2.45) is 0 Å². The number of anilines is 2. The summed E-state index contributed by atoms with van der Waals surface area (Å²) in [4.78, 5) is 34.0. The zero-order valence-corrected chi connectivity index (χ0v) is 16.4. The van der Waals surface area contributed by atoms with Gasteiger partial charge in [-0.3, -0.25) is 10.1 Å². The highest BCUT2D eigenvalue weighted by Crippen LogP contribution is 2.22. The zero-order chi connectivity index (χ0) is 20.1. The molecule has 8 nitrogen and oxygen atoms in total. The van der Waals surface area contributed by atoms with Gasteiger partial charge in [-0.25, -0.2) is 9.78 Å². The molecular formula is C20H25N5O3. The molecule has 2 heterocycles. The van der Waals surface area contributed by atoms with E-state index in [1.165, 1.54) is 11.1 Å². The molecule has 0 radical (unpaired) electrons. The van der Waals surface area contributed by atoms with Gasteiger partial charge in [0.05, 0.1) is 12.7 Å². The number of pyridine rings is 1. The molecule has 0 saturated carbocycles. The van der Waals surface area contributed by atoms with E-state index in [0.717, 1.165) is 24.5 Å². The average molecular weight is 383 g/mol. The van der Waals surface area contributed by atoms with Crippen molar-refractivity contribution in [1.29, 1.82) is 0 Å². The molecule has 148 valence electrons. The summed E-state index contributed by atoms with van der Waals surface area (Å²) >= 11 is 0. The Balaban J connectivity index is 1.54. The maximum atomic E-state index is 12.5. The highest BCUT2D eigenvalue weighted by Gasteiger charge is 2.22. The highest BCUT2D eigenvalue weighted by molar-refractivity contribution is 5.94. The van der Waals surface area contributed by atoms with Gasteiger partial charge >= 0.3 is 6.03 Å². The Bertz CT molecular complexity index is 830. The van der Waals surface area contributed by atoms with E-state index >= 15 is 0 Å². The topological polar surface area (TPSA) is 78.0 Å². The van der Waals surface area contributed by atoms with Crippen LogP contribution in [0.15, 0.2) is 42.6 Å². The van der Waals surface area contributed by atoms with Crippen molar-refractivity contribution >= 4 is 23.4 Å². The Morgan fingerprint density at radius 2 is 1.86 bits per heavy atom. The van der Waals surface area contributed by atoms with E-state index < -0.39 is 0 Å². The van der Waals surface area contributed by atoms with Gasteiger partial charge in [-0.2, -0.15) is 0 Å². The maximum Gasteiger partial charge on any atom is 0.323 e. The first-order valence-corrected chi connectivity index (χ1v) is 9.10. The van der Waals surface area contributed by atoms with Gasteiger partial charge in [0.2, 0.25) is 0 Å². The summed E-state index contributed by atoms with van der Waals surface area (Å²) in [6.45, 7) is 2.70. The number of ether oxygens (including phenoxy) is 1. The van der Waals surface area contributed by atoms with Crippen LogP contribution < -0.4 is 15.0 Å². The summed E-state index contributed by atoms with van der Waals surface area (Å²) in [6.07, 6.45) is 1.47. The lowest BCUT2D eigenvalue weighted by Gasteiger charge is -2.36. The fourth-order valence-corrected chi connectivity index (χ4v) is 3.02. The minimum absolute atomic E-state index is 0.126. The monoisotopic (exact) mass is 383 g/mol. The van der Waals surface area contributed by atoms with E-state index in [1.807, 2.05) is 24.3 Å². The van der Waals surface area contributed by atoms with E-state index in [-0.39, 0.29) is 11.9 Å². The van der Waals surface area contributed by atoms with Gasteiger partial charge < -0.3 is 19.4 Å². The lowest BCUT2D eigenvalue weighted by atomic mass is 10.2. The van der Waals surface area contributed by atoms with Crippen LogP contribution in [-0.4, -0.2) is 74.1 Å². The molecule has 0 bridgehead atoms. The Morgan fingerprint density at radius 3 is 2.46 bits per heavy atom. The van der Waals surface area contributed by atoms with Crippen molar-refractivity contribution in [3.05, 3.63) is 48.2 Å². The van der Waals surface area contributed by atoms with E-state index in [1.54, 1.807) is 38.2 Å². The summed E-state index contributed by atoms with van der Waals surface area (Å²) in [5, 5.41) is 2.79. The minimum atomic E-state index is -0.190.